The van der Waals surface area contributed by atoms with E-state index in [1.165, 1.54) is 7.11 Å². The van der Waals surface area contributed by atoms with Gasteiger partial charge in [-0.15, -0.1) is 0 Å². The first kappa shape index (κ1) is 13.4. The Balaban J connectivity index is 2.36. The second kappa shape index (κ2) is 4.56. The fourth-order valence-electron chi connectivity index (χ4n) is 3.10. The molecule has 0 spiro atoms. The highest BCUT2D eigenvalue weighted by Crippen LogP contribution is 2.45. The molecule has 0 bridgehead atoms. The minimum absolute atomic E-state index is 0.0647. The van der Waals surface area contributed by atoms with E-state index in [0.717, 1.165) is 31.4 Å². The number of carbonyl (C=O) groups is 1. The van der Waals surface area contributed by atoms with E-state index in [0.29, 0.717) is 6.42 Å². The molecule has 1 heterocycles. The van der Waals surface area contributed by atoms with Gasteiger partial charge in [-0.1, -0.05) is 38.8 Å². The van der Waals surface area contributed by atoms with Gasteiger partial charge >= 0.3 is 5.97 Å². The number of esters is 1. The van der Waals surface area contributed by atoms with Crippen molar-refractivity contribution >= 4 is 11.7 Å². The van der Waals surface area contributed by atoms with Gasteiger partial charge in [0, 0.05) is 11.8 Å². The molecule has 0 saturated heterocycles. The molecular formula is C14H23NO3. The van der Waals surface area contributed by atoms with E-state index in [4.69, 9.17) is 9.57 Å². The monoisotopic (exact) mass is 253 g/mol. The molecule has 0 amide bonds. The molecular weight excluding hydrogens is 230 g/mol. The normalized spacial score (nSPS) is 32.0. The molecule has 2 aliphatic rings. The van der Waals surface area contributed by atoms with Crippen LogP contribution in [-0.2, 0) is 14.4 Å². The summed E-state index contributed by atoms with van der Waals surface area (Å²) in [6.07, 6.45) is 4.95. The number of fused-ring (bicyclic) bond motifs is 1. The Hall–Kier alpha value is -1.06. The number of carbonyl (C=O) groups excluding carboxylic acids is 1. The van der Waals surface area contributed by atoms with Crippen LogP contribution < -0.4 is 0 Å². The highest BCUT2D eigenvalue weighted by molar-refractivity contribution is 5.98. The van der Waals surface area contributed by atoms with Gasteiger partial charge < -0.3 is 9.57 Å². The zero-order valence-corrected chi connectivity index (χ0v) is 11.8. The first-order valence-electron chi connectivity index (χ1n) is 6.77. The van der Waals surface area contributed by atoms with Gasteiger partial charge in [0.15, 0.2) is 0 Å². The van der Waals surface area contributed by atoms with Gasteiger partial charge in [-0.05, 0) is 12.8 Å². The lowest BCUT2D eigenvalue weighted by Gasteiger charge is -2.31. The molecule has 2 unspecified atom stereocenters. The Morgan fingerprint density at radius 3 is 2.72 bits per heavy atom. The standard InChI is InChI=1S/C14H23NO3/c1-13(2,3)11-10-8-6-5-7-9-14(10,18-15-11)12(16)17-4/h10H,5-9H2,1-4H3. The van der Waals surface area contributed by atoms with Gasteiger partial charge in [0.2, 0.25) is 5.60 Å². The summed E-state index contributed by atoms with van der Waals surface area (Å²) in [6.45, 7) is 6.36. The van der Waals surface area contributed by atoms with E-state index in [9.17, 15) is 4.79 Å². The van der Waals surface area contributed by atoms with Crippen LogP contribution in [0.25, 0.3) is 0 Å². The van der Waals surface area contributed by atoms with E-state index < -0.39 is 5.60 Å². The van der Waals surface area contributed by atoms with Crippen molar-refractivity contribution in [2.24, 2.45) is 16.5 Å². The second-order valence-corrected chi connectivity index (χ2v) is 6.35. The minimum Gasteiger partial charge on any atom is -0.466 e. The lowest BCUT2D eigenvalue weighted by molar-refractivity contribution is -0.171. The van der Waals surface area contributed by atoms with Crippen LogP contribution in [0.2, 0.25) is 0 Å². The second-order valence-electron chi connectivity index (χ2n) is 6.35. The fourth-order valence-corrected chi connectivity index (χ4v) is 3.10. The lowest BCUT2D eigenvalue weighted by atomic mass is 9.72. The van der Waals surface area contributed by atoms with Gasteiger partial charge in [0.05, 0.1) is 18.7 Å². The largest absolute Gasteiger partial charge is 0.466 e. The lowest BCUT2D eigenvalue weighted by Crippen LogP contribution is -2.48. The van der Waals surface area contributed by atoms with E-state index in [-0.39, 0.29) is 17.3 Å². The predicted molar refractivity (Wildman–Crippen MR) is 69.3 cm³/mol. The molecule has 0 aromatic rings. The van der Waals surface area contributed by atoms with Crippen molar-refractivity contribution in [3.8, 4) is 0 Å². The number of hydrogen-bond acceptors (Lipinski definition) is 4. The summed E-state index contributed by atoms with van der Waals surface area (Å²) in [4.78, 5) is 17.8. The van der Waals surface area contributed by atoms with Crippen LogP contribution in [0, 0.1) is 11.3 Å². The van der Waals surface area contributed by atoms with Crippen molar-refractivity contribution in [3.63, 3.8) is 0 Å². The van der Waals surface area contributed by atoms with Crippen molar-refractivity contribution in [1.82, 2.24) is 0 Å². The molecule has 0 aromatic carbocycles. The molecule has 2 rings (SSSR count). The zero-order valence-electron chi connectivity index (χ0n) is 11.8. The Kier molecular flexibility index (Phi) is 3.39. The van der Waals surface area contributed by atoms with Crippen LogP contribution in [0.3, 0.4) is 0 Å². The third kappa shape index (κ3) is 2.02. The molecule has 1 aliphatic heterocycles. The highest BCUT2D eigenvalue weighted by atomic mass is 16.7. The van der Waals surface area contributed by atoms with E-state index in [1.54, 1.807) is 0 Å². The maximum absolute atomic E-state index is 12.2. The molecule has 18 heavy (non-hydrogen) atoms. The average molecular weight is 253 g/mol. The van der Waals surface area contributed by atoms with Gasteiger partial charge in [0.1, 0.15) is 0 Å². The summed E-state index contributed by atoms with van der Waals surface area (Å²) in [7, 11) is 1.43. The van der Waals surface area contributed by atoms with Crippen molar-refractivity contribution in [2.75, 3.05) is 7.11 Å². The quantitative estimate of drug-likeness (QED) is 0.675. The van der Waals surface area contributed by atoms with Crippen LogP contribution >= 0.6 is 0 Å². The van der Waals surface area contributed by atoms with Gasteiger partial charge in [-0.2, -0.15) is 0 Å². The number of methoxy groups -OCH3 is 1. The topological polar surface area (TPSA) is 47.9 Å². The zero-order chi connectivity index (χ0) is 13.4. The van der Waals surface area contributed by atoms with Crippen molar-refractivity contribution < 1.29 is 14.4 Å². The number of ether oxygens (including phenoxy) is 1. The molecule has 1 fully saturated rings. The van der Waals surface area contributed by atoms with Crippen LogP contribution in [0.1, 0.15) is 52.9 Å². The number of hydrogen-bond donors (Lipinski definition) is 0. The van der Waals surface area contributed by atoms with Crippen molar-refractivity contribution in [3.05, 3.63) is 0 Å². The summed E-state index contributed by atoms with van der Waals surface area (Å²) >= 11 is 0. The number of rotatable bonds is 1. The summed E-state index contributed by atoms with van der Waals surface area (Å²) in [5, 5.41) is 4.25. The third-order valence-electron chi connectivity index (χ3n) is 4.04. The number of nitrogens with zero attached hydrogens (tertiary/aromatic N) is 1. The maximum atomic E-state index is 12.2. The summed E-state index contributed by atoms with van der Waals surface area (Å²) in [6, 6.07) is 0. The van der Waals surface area contributed by atoms with E-state index in [2.05, 4.69) is 25.9 Å². The molecule has 1 aliphatic carbocycles. The molecule has 4 nitrogen and oxygen atoms in total. The summed E-state index contributed by atoms with van der Waals surface area (Å²) in [5.74, 6) is -0.190. The van der Waals surface area contributed by atoms with Gasteiger partial charge in [0.25, 0.3) is 0 Å². The van der Waals surface area contributed by atoms with E-state index >= 15 is 0 Å². The van der Waals surface area contributed by atoms with Crippen LogP contribution in [0.4, 0.5) is 0 Å². The molecule has 0 radical (unpaired) electrons. The fraction of sp³-hybridized carbons (Fsp3) is 0.857. The predicted octanol–water partition coefficient (Wildman–Crippen LogP) is 2.91. The molecule has 0 N–H and O–H groups in total. The average Bonchev–Trinajstić information content (AvgIpc) is 2.56. The smallest absolute Gasteiger partial charge is 0.353 e. The van der Waals surface area contributed by atoms with Gasteiger partial charge in [-0.3, -0.25) is 0 Å². The molecule has 1 saturated carbocycles. The Morgan fingerprint density at radius 1 is 1.39 bits per heavy atom. The van der Waals surface area contributed by atoms with Crippen molar-refractivity contribution in [2.45, 2.75) is 58.5 Å². The molecule has 0 aromatic heterocycles. The van der Waals surface area contributed by atoms with Gasteiger partial charge in [-0.25, -0.2) is 4.79 Å². The highest BCUT2D eigenvalue weighted by Gasteiger charge is 2.57. The van der Waals surface area contributed by atoms with Crippen molar-refractivity contribution in [1.29, 1.82) is 0 Å². The minimum atomic E-state index is -0.853. The number of oxime groups is 1. The van der Waals surface area contributed by atoms with Crippen LogP contribution in [-0.4, -0.2) is 24.4 Å². The van der Waals surface area contributed by atoms with Crippen LogP contribution in [0.5, 0.6) is 0 Å². The van der Waals surface area contributed by atoms with Crippen LogP contribution in [0.15, 0.2) is 5.16 Å². The molecule has 2 atom stereocenters. The Morgan fingerprint density at radius 2 is 2.11 bits per heavy atom. The maximum Gasteiger partial charge on any atom is 0.353 e. The Labute approximate surface area is 109 Å². The molecule has 4 heteroatoms. The summed E-state index contributed by atoms with van der Waals surface area (Å²) < 4.78 is 4.97. The first-order valence-corrected chi connectivity index (χ1v) is 6.77. The Bertz CT molecular complexity index is 370. The summed E-state index contributed by atoms with van der Waals surface area (Å²) in [5.41, 5.74) is 0.0911. The van der Waals surface area contributed by atoms with E-state index in [1.807, 2.05) is 0 Å². The third-order valence-corrected chi connectivity index (χ3v) is 4.04. The SMILES string of the molecule is COC(=O)C12CCCCCC1C(C(C)(C)C)=NO2. The molecule has 102 valence electrons. The first-order chi connectivity index (χ1) is 8.42.